The maximum absolute atomic E-state index is 12.5. The van der Waals surface area contributed by atoms with Crippen molar-refractivity contribution in [3.63, 3.8) is 0 Å². The number of nitrogens with one attached hydrogen (secondary N) is 1. The Morgan fingerprint density at radius 2 is 2.00 bits per heavy atom. The van der Waals surface area contributed by atoms with Gasteiger partial charge in [-0.25, -0.2) is 4.79 Å². The van der Waals surface area contributed by atoms with Crippen LogP contribution in [0, 0.1) is 18.3 Å². The van der Waals surface area contributed by atoms with Crippen LogP contribution < -0.4 is 14.8 Å². The van der Waals surface area contributed by atoms with E-state index in [0.717, 1.165) is 5.56 Å². The monoisotopic (exact) mass is 492 g/mol. The molecule has 0 aromatic heterocycles. The Balaban J connectivity index is 2.28. The first-order valence-electron chi connectivity index (χ1n) is 8.55. The molecule has 0 fully saturated rings. The van der Waals surface area contributed by atoms with Gasteiger partial charge in [0.05, 0.1) is 18.7 Å². The van der Waals surface area contributed by atoms with Crippen molar-refractivity contribution in [1.82, 2.24) is 0 Å². The zero-order chi connectivity index (χ0) is 22.3. The Morgan fingerprint density at radius 3 is 2.60 bits per heavy atom. The van der Waals surface area contributed by atoms with Gasteiger partial charge >= 0.3 is 5.97 Å². The highest BCUT2D eigenvalue weighted by Crippen LogP contribution is 2.37. The molecule has 1 amide bonds. The lowest BCUT2D eigenvalue weighted by Crippen LogP contribution is -2.14. The number of methoxy groups -OCH3 is 2. The van der Waals surface area contributed by atoms with E-state index in [4.69, 9.17) is 21.1 Å². The largest absolute Gasteiger partial charge is 0.493 e. The number of hydrogen-bond acceptors (Lipinski definition) is 6. The number of hydrogen-bond donors (Lipinski definition) is 1. The average Bonchev–Trinajstić information content (AvgIpc) is 2.72. The van der Waals surface area contributed by atoms with Crippen LogP contribution in [0.2, 0.25) is 5.02 Å². The van der Waals surface area contributed by atoms with Gasteiger partial charge < -0.3 is 19.5 Å². The predicted molar refractivity (Wildman–Crippen MR) is 117 cm³/mol. The summed E-state index contributed by atoms with van der Waals surface area (Å²) in [5, 5.41) is 12.6. The number of amides is 1. The van der Waals surface area contributed by atoms with Crippen LogP contribution in [0.5, 0.6) is 11.5 Å². The maximum atomic E-state index is 12.5. The van der Waals surface area contributed by atoms with Gasteiger partial charge in [-0.1, -0.05) is 17.7 Å². The second-order valence-electron chi connectivity index (χ2n) is 5.99. The zero-order valence-corrected chi connectivity index (χ0v) is 18.8. The molecule has 0 saturated heterocycles. The summed E-state index contributed by atoms with van der Waals surface area (Å²) in [5.74, 6) is -0.536. The SMILES string of the molecule is COC(=O)COc1c(Br)cc(/C=C(/C#N)C(=O)Nc2ccc(C)c(Cl)c2)cc1OC. The smallest absolute Gasteiger partial charge is 0.343 e. The summed E-state index contributed by atoms with van der Waals surface area (Å²) < 4.78 is 15.7. The van der Waals surface area contributed by atoms with E-state index >= 15 is 0 Å². The highest BCUT2D eigenvalue weighted by atomic mass is 79.9. The van der Waals surface area contributed by atoms with E-state index in [0.29, 0.717) is 26.5 Å². The molecule has 0 bridgehead atoms. The molecule has 2 aromatic rings. The second-order valence-corrected chi connectivity index (χ2v) is 7.25. The van der Waals surface area contributed by atoms with E-state index in [1.54, 1.807) is 30.3 Å². The normalized spacial score (nSPS) is 10.7. The topological polar surface area (TPSA) is 97.7 Å². The Morgan fingerprint density at radius 1 is 1.27 bits per heavy atom. The van der Waals surface area contributed by atoms with Gasteiger partial charge in [0, 0.05) is 10.7 Å². The van der Waals surface area contributed by atoms with Crippen LogP contribution in [0.1, 0.15) is 11.1 Å². The Bertz CT molecular complexity index is 1050. The van der Waals surface area contributed by atoms with E-state index in [2.05, 4.69) is 26.0 Å². The van der Waals surface area contributed by atoms with Crippen molar-refractivity contribution in [2.45, 2.75) is 6.92 Å². The molecule has 0 aliphatic carbocycles. The number of halogens is 2. The number of ether oxygens (including phenoxy) is 3. The minimum atomic E-state index is -0.585. The minimum absolute atomic E-state index is 0.121. The molecule has 0 saturated carbocycles. The van der Waals surface area contributed by atoms with Crippen LogP contribution in [0.4, 0.5) is 5.69 Å². The Labute approximate surface area is 187 Å². The second kappa shape index (κ2) is 10.7. The summed E-state index contributed by atoms with van der Waals surface area (Å²) in [7, 11) is 2.68. The molecule has 0 spiro atoms. The summed E-state index contributed by atoms with van der Waals surface area (Å²) >= 11 is 9.41. The highest BCUT2D eigenvalue weighted by molar-refractivity contribution is 9.10. The van der Waals surface area contributed by atoms with E-state index < -0.39 is 11.9 Å². The molecule has 1 N–H and O–H groups in total. The number of rotatable bonds is 7. The molecular formula is C21H18BrClN2O5. The summed E-state index contributed by atoms with van der Waals surface area (Å²) in [5.41, 5.74) is 1.74. The number of anilines is 1. The van der Waals surface area contributed by atoms with Crippen molar-refractivity contribution in [1.29, 1.82) is 5.26 Å². The standard InChI is InChI=1S/C21H18BrClN2O5/c1-12-4-5-15(9-17(12)23)25-21(27)14(10-24)6-13-7-16(22)20(18(8-13)28-2)30-11-19(26)29-3/h4-9H,11H2,1-3H3,(H,25,27)/b14-6-. The zero-order valence-electron chi connectivity index (χ0n) is 16.4. The van der Waals surface area contributed by atoms with Crippen molar-refractivity contribution in [3.05, 3.63) is 56.5 Å². The fourth-order valence-corrected chi connectivity index (χ4v) is 3.09. The lowest BCUT2D eigenvalue weighted by molar-refractivity contribution is -0.142. The van der Waals surface area contributed by atoms with Gasteiger partial charge in [0.1, 0.15) is 11.6 Å². The van der Waals surface area contributed by atoms with Gasteiger partial charge in [-0.15, -0.1) is 0 Å². The van der Waals surface area contributed by atoms with Gasteiger partial charge in [-0.3, -0.25) is 4.79 Å². The van der Waals surface area contributed by atoms with E-state index in [1.807, 2.05) is 13.0 Å². The third-order valence-electron chi connectivity index (χ3n) is 3.92. The minimum Gasteiger partial charge on any atom is -0.493 e. The van der Waals surface area contributed by atoms with Crippen LogP contribution in [0.15, 0.2) is 40.4 Å². The lowest BCUT2D eigenvalue weighted by atomic mass is 10.1. The first kappa shape index (κ1) is 23.3. The number of nitriles is 1. The number of carbonyl (C=O) groups excluding carboxylic acids is 2. The van der Waals surface area contributed by atoms with E-state index in [9.17, 15) is 14.9 Å². The molecule has 0 radical (unpaired) electrons. The molecule has 2 rings (SSSR count). The quantitative estimate of drug-likeness (QED) is 0.346. The fourth-order valence-electron chi connectivity index (χ4n) is 2.34. The molecular weight excluding hydrogens is 476 g/mol. The molecule has 156 valence electrons. The highest BCUT2D eigenvalue weighted by Gasteiger charge is 2.15. The number of aryl methyl sites for hydroxylation is 1. The van der Waals surface area contributed by atoms with Gasteiger partial charge in [0.2, 0.25) is 0 Å². The van der Waals surface area contributed by atoms with Crippen molar-refractivity contribution in [2.24, 2.45) is 0 Å². The van der Waals surface area contributed by atoms with Gasteiger partial charge in [0.25, 0.3) is 5.91 Å². The van der Waals surface area contributed by atoms with Crippen LogP contribution in [-0.2, 0) is 14.3 Å². The molecule has 0 aliphatic heterocycles. The van der Waals surface area contributed by atoms with Crippen LogP contribution >= 0.6 is 27.5 Å². The maximum Gasteiger partial charge on any atom is 0.343 e. The van der Waals surface area contributed by atoms with Gasteiger partial charge in [-0.05, 0) is 64.3 Å². The van der Waals surface area contributed by atoms with Gasteiger partial charge in [0.15, 0.2) is 18.1 Å². The molecule has 0 unspecified atom stereocenters. The Hall–Kier alpha value is -3.02. The lowest BCUT2D eigenvalue weighted by Gasteiger charge is -2.13. The third-order valence-corrected chi connectivity index (χ3v) is 4.92. The summed E-state index contributed by atoms with van der Waals surface area (Å²) in [6, 6.07) is 10.2. The molecule has 0 heterocycles. The van der Waals surface area contributed by atoms with Crippen molar-refractivity contribution >= 4 is 51.2 Å². The van der Waals surface area contributed by atoms with E-state index in [-0.39, 0.29) is 17.9 Å². The van der Waals surface area contributed by atoms with Crippen LogP contribution in [0.25, 0.3) is 6.08 Å². The first-order valence-corrected chi connectivity index (χ1v) is 9.72. The van der Waals surface area contributed by atoms with Crippen LogP contribution in [-0.4, -0.2) is 32.7 Å². The molecule has 0 atom stereocenters. The fraction of sp³-hybridized carbons (Fsp3) is 0.190. The molecule has 2 aromatic carbocycles. The molecule has 9 heteroatoms. The van der Waals surface area contributed by atoms with Crippen LogP contribution in [0.3, 0.4) is 0 Å². The molecule has 0 aliphatic rings. The van der Waals surface area contributed by atoms with E-state index in [1.165, 1.54) is 20.3 Å². The average molecular weight is 494 g/mol. The van der Waals surface area contributed by atoms with Crippen molar-refractivity contribution in [2.75, 3.05) is 26.1 Å². The first-order chi connectivity index (χ1) is 14.3. The summed E-state index contributed by atoms with van der Waals surface area (Å²) in [4.78, 5) is 23.8. The van der Waals surface area contributed by atoms with Crippen molar-refractivity contribution in [3.8, 4) is 17.6 Å². The van der Waals surface area contributed by atoms with Crippen molar-refractivity contribution < 1.29 is 23.8 Å². The molecule has 30 heavy (non-hydrogen) atoms. The van der Waals surface area contributed by atoms with Gasteiger partial charge in [-0.2, -0.15) is 5.26 Å². The number of esters is 1. The summed E-state index contributed by atoms with van der Waals surface area (Å²) in [6.07, 6.45) is 1.41. The number of benzene rings is 2. The number of carbonyl (C=O) groups is 2. The third kappa shape index (κ3) is 5.99. The molecule has 7 nitrogen and oxygen atoms in total. The summed E-state index contributed by atoms with van der Waals surface area (Å²) in [6.45, 7) is 1.55. The number of nitrogens with zero attached hydrogens (tertiary/aromatic N) is 1. The predicted octanol–water partition coefficient (Wildman–Crippen LogP) is 4.52. The Kier molecular flexibility index (Phi) is 8.27.